The van der Waals surface area contributed by atoms with Crippen molar-refractivity contribution in [3.63, 3.8) is 0 Å². The third kappa shape index (κ3) is 5.08. The molecule has 2 aromatic heterocycles. The van der Waals surface area contributed by atoms with E-state index in [4.69, 9.17) is 14.2 Å². The van der Waals surface area contributed by atoms with Crippen LogP contribution in [-0.2, 0) is 6.54 Å². The molecule has 184 valence electrons. The lowest BCUT2D eigenvalue weighted by molar-refractivity contribution is -0.383. The number of rotatable bonds is 9. The Labute approximate surface area is 201 Å². The highest BCUT2D eigenvalue weighted by Crippen LogP contribution is 2.39. The first kappa shape index (κ1) is 23.7. The molecule has 0 unspecified atom stereocenters. The molecule has 0 spiro atoms. The largest absolute Gasteiger partial charge is 0.493 e. The van der Waals surface area contributed by atoms with Gasteiger partial charge in [-0.15, -0.1) is 0 Å². The molecule has 0 atom stereocenters. The van der Waals surface area contributed by atoms with Gasteiger partial charge in [0.1, 0.15) is 6.33 Å². The number of benzene rings is 1. The Kier molecular flexibility index (Phi) is 7.24. The van der Waals surface area contributed by atoms with Gasteiger partial charge in [-0.3, -0.25) is 10.1 Å². The van der Waals surface area contributed by atoms with Gasteiger partial charge in [-0.2, -0.15) is 0 Å². The SMILES string of the molecule is COc1cc(CNc2ncnc(N3CCN(c4ncccn4)CC3)c2[N+](=O)[O-])cc(OC)c1OC. The van der Waals surface area contributed by atoms with Crippen LogP contribution in [0.2, 0.25) is 0 Å². The first-order valence-corrected chi connectivity index (χ1v) is 10.8. The lowest BCUT2D eigenvalue weighted by atomic mass is 10.1. The predicted octanol–water partition coefficient (Wildman–Crippen LogP) is 2.14. The van der Waals surface area contributed by atoms with Gasteiger partial charge in [-0.1, -0.05) is 0 Å². The summed E-state index contributed by atoms with van der Waals surface area (Å²) >= 11 is 0. The quantitative estimate of drug-likeness (QED) is 0.353. The zero-order chi connectivity index (χ0) is 24.8. The highest BCUT2D eigenvalue weighted by molar-refractivity contribution is 5.70. The fourth-order valence-electron chi connectivity index (χ4n) is 3.89. The van der Waals surface area contributed by atoms with Crippen LogP contribution in [0.25, 0.3) is 0 Å². The molecule has 1 N–H and O–H groups in total. The number of anilines is 3. The summed E-state index contributed by atoms with van der Waals surface area (Å²) in [7, 11) is 4.58. The lowest BCUT2D eigenvalue weighted by Gasteiger charge is -2.35. The number of nitrogens with zero attached hydrogens (tertiary/aromatic N) is 7. The minimum absolute atomic E-state index is 0.127. The number of methoxy groups -OCH3 is 3. The van der Waals surface area contributed by atoms with E-state index in [1.54, 1.807) is 30.6 Å². The minimum atomic E-state index is -0.459. The third-order valence-corrected chi connectivity index (χ3v) is 5.58. The fourth-order valence-corrected chi connectivity index (χ4v) is 3.89. The first-order chi connectivity index (χ1) is 17.0. The van der Waals surface area contributed by atoms with Crippen molar-refractivity contribution in [3.05, 3.63) is 52.6 Å². The highest BCUT2D eigenvalue weighted by atomic mass is 16.6. The topological polar surface area (TPSA) is 141 Å². The van der Waals surface area contributed by atoms with Gasteiger partial charge >= 0.3 is 5.69 Å². The van der Waals surface area contributed by atoms with Crippen molar-refractivity contribution < 1.29 is 19.1 Å². The van der Waals surface area contributed by atoms with Gasteiger partial charge in [-0.05, 0) is 23.8 Å². The van der Waals surface area contributed by atoms with Gasteiger partial charge in [-0.25, -0.2) is 19.9 Å². The van der Waals surface area contributed by atoms with Crippen LogP contribution in [0, 0.1) is 10.1 Å². The van der Waals surface area contributed by atoms with Crippen LogP contribution in [0.5, 0.6) is 17.2 Å². The summed E-state index contributed by atoms with van der Waals surface area (Å²) in [5, 5.41) is 15.1. The molecule has 1 aromatic carbocycles. The number of nitrogens with one attached hydrogen (secondary N) is 1. The molecule has 0 bridgehead atoms. The Morgan fingerprint density at radius 2 is 1.57 bits per heavy atom. The number of ether oxygens (including phenoxy) is 3. The highest BCUT2D eigenvalue weighted by Gasteiger charge is 2.30. The number of nitro groups is 1. The number of hydrogen-bond donors (Lipinski definition) is 1. The van der Waals surface area contributed by atoms with Crippen LogP contribution in [0.3, 0.4) is 0 Å². The third-order valence-electron chi connectivity index (χ3n) is 5.58. The van der Waals surface area contributed by atoms with E-state index in [0.29, 0.717) is 49.4 Å². The molecule has 4 rings (SSSR count). The second kappa shape index (κ2) is 10.7. The maximum absolute atomic E-state index is 12.0. The minimum Gasteiger partial charge on any atom is -0.493 e. The van der Waals surface area contributed by atoms with Crippen LogP contribution >= 0.6 is 0 Å². The Bertz CT molecular complexity index is 1150. The molecule has 35 heavy (non-hydrogen) atoms. The molecule has 1 saturated heterocycles. The van der Waals surface area contributed by atoms with Crippen LogP contribution < -0.4 is 29.3 Å². The van der Waals surface area contributed by atoms with Gasteiger partial charge in [0, 0.05) is 45.1 Å². The molecule has 13 heteroatoms. The van der Waals surface area contributed by atoms with Crippen molar-refractivity contribution >= 4 is 23.3 Å². The van der Waals surface area contributed by atoms with Crippen molar-refractivity contribution in [3.8, 4) is 17.2 Å². The summed E-state index contributed by atoms with van der Waals surface area (Å²) in [5.74, 6) is 2.48. The van der Waals surface area contributed by atoms with Gasteiger partial charge in [0.2, 0.25) is 23.3 Å². The van der Waals surface area contributed by atoms with E-state index in [2.05, 4.69) is 25.3 Å². The second-order valence-corrected chi connectivity index (χ2v) is 7.56. The standard InChI is InChI=1S/C22H26N8O5/c1-33-16-11-15(12-17(34-2)19(16)35-3)13-25-20-18(30(31)32)21(27-14-26-20)28-7-9-29(10-8-28)22-23-5-4-6-24-22/h4-6,11-12,14H,7-10,13H2,1-3H3,(H,25,26,27). The average molecular weight is 483 g/mol. The fraction of sp³-hybridized carbons (Fsp3) is 0.364. The number of aromatic nitrogens is 4. The maximum Gasteiger partial charge on any atom is 0.353 e. The summed E-state index contributed by atoms with van der Waals surface area (Å²) in [5.41, 5.74) is 0.592. The Hall–Kier alpha value is -4.42. The lowest BCUT2D eigenvalue weighted by Crippen LogP contribution is -2.47. The Morgan fingerprint density at radius 1 is 0.943 bits per heavy atom. The van der Waals surface area contributed by atoms with Gasteiger partial charge in [0.25, 0.3) is 0 Å². The van der Waals surface area contributed by atoms with E-state index in [1.807, 2.05) is 9.80 Å². The Morgan fingerprint density at radius 3 is 2.14 bits per heavy atom. The molecular weight excluding hydrogens is 456 g/mol. The molecule has 1 aliphatic rings. The van der Waals surface area contributed by atoms with Crippen LogP contribution in [0.1, 0.15) is 5.56 Å². The normalized spacial score (nSPS) is 13.3. The molecule has 3 aromatic rings. The van der Waals surface area contributed by atoms with E-state index in [-0.39, 0.29) is 23.9 Å². The van der Waals surface area contributed by atoms with Gasteiger partial charge in [0.05, 0.1) is 26.3 Å². The van der Waals surface area contributed by atoms with E-state index in [1.165, 1.54) is 27.7 Å². The summed E-state index contributed by atoms with van der Waals surface area (Å²) in [4.78, 5) is 32.4. The molecule has 0 saturated carbocycles. The van der Waals surface area contributed by atoms with Crippen molar-refractivity contribution in [1.29, 1.82) is 0 Å². The molecule has 0 amide bonds. The van der Waals surface area contributed by atoms with Crippen molar-refractivity contribution in [2.24, 2.45) is 0 Å². The van der Waals surface area contributed by atoms with Crippen LogP contribution in [0.15, 0.2) is 36.9 Å². The van der Waals surface area contributed by atoms with Gasteiger partial charge < -0.3 is 29.3 Å². The smallest absolute Gasteiger partial charge is 0.353 e. The van der Waals surface area contributed by atoms with Crippen LogP contribution in [0.4, 0.5) is 23.3 Å². The monoisotopic (exact) mass is 482 g/mol. The molecular formula is C22H26N8O5. The molecule has 3 heterocycles. The molecule has 0 aliphatic carbocycles. The summed E-state index contributed by atoms with van der Waals surface area (Å²) in [6.45, 7) is 2.52. The molecule has 1 fully saturated rings. The number of piperazine rings is 1. The summed E-state index contributed by atoms with van der Waals surface area (Å²) < 4.78 is 16.1. The van der Waals surface area contributed by atoms with E-state index >= 15 is 0 Å². The maximum atomic E-state index is 12.0. The average Bonchev–Trinajstić information content (AvgIpc) is 2.91. The van der Waals surface area contributed by atoms with Crippen molar-refractivity contribution in [1.82, 2.24) is 19.9 Å². The molecule has 13 nitrogen and oxygen atoms in total. The van der Waals surface area contributed by atoms with E-state index in [9.17, 15) is 10.1 Å². The summed E-state index contributed by atoms with van der Waals surface area (Å²) in [6.07, 6.45) is 4.71. The first-order valence-electron chi connectivity index (χ1n) is 10.8. The predicted molar refractivity (Wildman–Crippen MR) is 129 cm³/mol. The van der Waals surface area contributed by atoms with E-state index < -0.39 is 4.92 Å². The number of hydrogen-bond acceptors (Lipinski definition) is 12. The van der Waals surface area contributed by atoms with Gasteiger partial charge in [0.15, 0.2) is 11.5 Å². The van der Waals surface area contributed by atoms with Crippen molar-refractivity contribution in [2.45, 2.75) is 6.54 Å². The zero-order valence-electron chi connectivity index (χ0n) is 19.7. The second-order valence-electron chi connectivity index (χ2n) is 7.56. The Balaban J connectivity index is 1.53. The van der Waals surface area contributed by atoms with Crippen molar-refractivity contribution in [2.75, 3.05) is 62.6 Å². The van der Waals surface area contributed by atoms with E-state index in [0.717, 1.165) is 5.56 Å². The molecule has 0 radical (unpaired) electrons. The zero-order valence-corrected chi connectivity index (χ0v) is 19.7. The van der Waals surface area contributed by atoms with Crippen LogP contribution in [-0.4, -0.2) is 72.4 Å². The summed E-state index contributed by atoms with van der Waals surface area (Å²) in [6, 6.07) is 5.30. The molecule has 1 aliphatic heterocycles.